The third-order valence-electron chi connectivity index (χ3n) is 3.99. The lowest BCUT2D eigenvalue weighted by atomic mass is 10.00. The molecule has 2 heterocycles. The Hall–Kier alpha value is -1.80. The molecule has 1 aliphatic heterocycles. The van der Waals surface area contributed by atoms with Crippen LogP contribution in [-0.2, 0) is 16.0 Å². The van der Waals surface area contributed by atoms with Gasteiger partial charge in [-0.2, -0.15) is 0 Å². The van der Waals surface area contributed by atoms with Crippen molar-refractivity contribution in [2.75, 3.05) is 13.2 Å². The van der Waals surface area contributed by atoms with Crippen LogP contribution < -0.4 is 5.32 Å². The zero-order valence-electron chi connectivity index (χ0n) is 13.1. The molecule has 7 heteroatoms. The lowest BCUT2D eigenvalue weighted by Gasteiger charge is -2.34. The molecule has 0 unspecified atom stereocenters. The predicted molar refractivity (Wildman–Crippen MR) is 90.6 cm³/mol. The fourth-order valence-corrected chi connectivity index (χ4v) is 3.54. The zero-order valence-corrected chi connectivity index (χ0v) is 13.9. The Morgan fingerprint density at radius 1 is 1.38 bits per heavy atom. The number of hydrogen-bond donors (Lipinski definition) is 3. The summed E-state index contributed by atoms with van der Waals surface area (Å²) in [5.74, 6) is -0.192. The molecule has 0 spiro atoms. The number of thiazole rings is 1. The van der Waals surface area contributed by atoms with Gasteiger partial charge in [-0.25, -0.2) is 4.98 Å². The van der Waals surface area contributed by atoms with Gasteiger partial charge in [-0.3, -0.25) is 4.79 Å². The van der Waals surface area contributed by atoms with Crippen LogP contribution in [0.5, 0.6) is 0 Å². The molecule has 6 nitrogen and oxygen atoms in total. The quantitative estimate of drug-likeness (QED) is 0.749. The van der Waals surface area contributed by atoms with Gasteiger partial charge >= 0.3 is 0 Å². The van der Waals surface area contributed by atoms with E-state index >= 15 is 0 Å². The summed E-state index contributed by atoms with van der Waals surface area (Å²) in [6, 6.07) is 9.41. The molecule has 1 aliphatic rings. The highest BCUT2D eigenvalue weighted by molar-refractivity contribution is 7.13. The monoisotopic (exact) mass is 348 g/mol. The molecule has 3 atom stereocenters. The van der Waals surface area contributed by atoms with Gasteiger partial charge in [-0.15, -0.1) is 11.3 Å². The van der Waals surface area contributed by atoms with E-state index in [1.807, 2.05) is 35.7 Å². The number of aromatic nitrogens is 1. The van der Waals surface area contributed by atoms with E-state index in [9.17, 15) is 9.90 Å². The minimum absolute atomic E-state index is 0.164. The summed E-state index contributed by atoms with van der Waals surface area (Å²) >= 11 is 1.50. The van der Waals surface area contributed by atoms with Crippen molar-refractivity contribution in [2.45, 2.75) is 31.1 Å². The normalized spacial score (nSPS) is 23.8. The molecule has 0 bridgehead atoms. The third-order valence-corrected chi connectivity index (χ3v) is 4.93. The highest BCUT2D eigenvalue weighted by atomic mass is 32.1. The van der Waals surface area contributed by atoms with E-state index in [0.29, 0.717) is 18.7 Å². The lowest BCUT2D eigenvalue weighted by Crippen LogP contribution is -2.54. The van der Waals surface area contributed by atoms with Gasteiger partial charge in [0.2, 0.25) is 5.91 Å². The average molecular weight is 348 g/mol. The second-order valence-corrected chi connectivity index (χ2v) is 6.59. The molecule has 3 rings (SSSR count). The Kier molecular flexibility index (Phi) is 5.57. The largest absolute Gasteiger partial charge is 0.394 e. The van der Waals surface area contributed by atoms with Crippen LogP contribution in [0.1, 0.15) is 12.1 Å². The minimum atomic E-state index is -0.900. The predicted octanol–water partition coefficient (Wildman–Crippen LogP) is 0.979. The highest BCUT2D eigenvalue weighted by Gasteiger charge is 2.33. The van der Waals surface area contributed by atoms with Gasteiger partial charge in [-0.1, -0.05) is 30.3 Å². The molecule has 0 saturated carbocycles. The number of amides is 1. The number of hydrogen-bond acceptors (Lipinski definition) is 6. The summed E-state index contributed by atoms with van der Waals surface area (Å²) in [4.78, 5) is 16.7. The number of carbonyl (C=O) groups is 1. The Bertz CT molecular complexity index is 676. The molecule has 1 amide bonds. The number of carbonyl (C=O) groups excluding carboxylic acids is 1. The van der Waals surface area contributed by atoms with Crippen LogP contribution in [0.2, 0.25) is 0 Å². The topological polar surface area (TPSA) is 91.7 Å². The molecule has 1 aromatic carbocycles. The maximum Gasteiger partial charge on any atom is 0.226 e. The van der Waals surface area contributed by atoms with E-state index in [-0.39, 0.29) is 18.9 Å². The molecule has 0 aliphatic carbocycles. The number of nitrogens with zero attached hydrogens (tertiary/aromatic N) is 1. The average Bonchev–Trinajstić information content (AvgIpc) is 3.06. The number of ether oxygens (including phenoxy) is 1. The maximum absolute atomic E-state index is 12.2. The summed E-state index contributed by atoms with van der Waals surface area (Å²) in [6.45, 7) is 0.141. The van der Waals surface area contributed by atoms with Gasteiger partial charge in [0.25, 0.3) is 0 Å². The van der Waals surface area contributed by atoms with E-state index in [2.05, 4.69) is 10.3 Å². The van der Waals surface area contributed by atoms with Crippen LogP contribution in [0.3, 0.4) is 0 Å². The molecule has 3 N–H and O–H groups in total. The minimum Gasteiger partial charge on any atom is -0.394 e. The summed E-state index contributed by atoms with van der Waals surface area (Å²) < 4.78 is 5.26. The van der Waals surface area contributed by atoms with Gasteiger partial charge in [0, 0.05) is 17.6 Å². The molecule has 0 radical (unpaired) electrons. The van der Waals surface area contributed by atoms with Crippen LogP contribution in [0.4, 0.5) is 0 Å². The molecule has 1 saturated heterocycles. The summed E-state index contributed by atoms with van der Waals surface area (Å²) in [6.07, 6.45) is -0.858. The number of aliphatic hydroxyl groups excluding tert-OH is 2. The van der Waals surface area contributed by atoms with E-state index in [4.69, 9.17) is 9.84 Å². The SMILES string of the molecule is O=C(Cc1csc(-c2ccccc2)n1)N[C@H]1CCO[C@H](CO)[C@H]1O. The Morgan fingerprint density at radius 2 is 2.17 bits per heavy atom. The van der Waals surface area contributed by atoms with Crippen molar-refractivity contribution in [1.29, 1.82) is 0 Å². The van der Waals surface area contributed by atoms with Crippen molar-refractivity contribution in [3.05, 3.63) is 41.4 Å². The Morgan fingerprint density at radius 3 is 2.92 bits per heavy atom. The standard InChI is InChI=1S/C17H20N2O4S/c20-9-14-16(22)13(6-7-23-14)19-15(21)8-12-10-24-17(18-12)11-4-2-1-3-5-11/h1-5,10,13-14,16,20,22H,6-9H2,(H,19,21)/t13-,14+,16-/m0/s1. The van der Waals surface area contributed by atoms with Gasteiger partial charge < -0.3 is 20.3 Å². The van der Waals surface area contributed by atoms with Gasteiger partial charge in [0.05, 0.1) is 24.8 Å². The maximum atomic E-state index is 12.2. The smallest absolute Gasteiger partial charge is 0.226 e. The first-order valence-electron chi connectivity index (χ1n) is 7.87. The van der Waals surface area contributed by atoms with Crippen LogP contribution in [0.15, 0.2) is 35.7 Å². The fraction of sp³-hybridized carbons (Fsp3) is 0.412. The second kappa shape index (κ2) is 7.85. The summed E-state index contributed by atoms with van der Waals surface area (Å²) in [5, 5.41) is 24.8. The molecule has 128 valence electrons. The molecular weight excluding hydrogens is 328 g/mol. The second-order valence-electron chi connectivity index (χ2n) is 5.73. The summed E-state index contributed by atoms with van der Waals surface area (Å²) in [5.41, 5.74) is 1.73. The molecular formula is C17H20N2O4S. The Labute approximate surface area is 144 Å². The molecule has 24 heavy (non-hydrogen) atoms. The van der Waals surface area contributed by atoms with Gasteiger partial charge in [-0.05, 0) is 6.42 Å². The van der Waals surface area contributed by atoms with E-state index in [1.165, 1.54) is 11.3 Å². The highest BCUT2D eigenvalue weighted by Crippen LogP contribution is 2.23. The first-order chi connectivity index (χ1) is 11.7. The summed E-state index contributed by atoms with van der Waals surface area (Å²) in [7, 11) is 0. The Balaban J connectivity index is 1.58. The lowest BCUT2D eigenvalue weighted by molar-refractivity contribution is -0.131. The van der Waals surface area contributed by atoms with Crippen molar-refractivity contribution < 1.29 is 19.7 Å². The number of nitrogens with one attached hydrogen (secondary N) is 1. The molecule has 2 aromatic rings. The molecule has 1 aromatic heterocycles. The number of aliphatic hydroxyl groups is 2. The van der Waals surface area contributed by atoms with Crippen LogP contribution in [-0.4, -0.2) is 52.6 Å². The van der Waals surface area contributed by atoms with Crippen LogP contribution in [0.25, 0.3) is 10.6 Å². The fourth-order valence-electron chi connectivity index (χ4n) is 2.72. The van der Waals surface area contributed by atoms with E-state index < -0.39 is 18.2 Å². The van der Waals surface area contributed by atoms with Crippen LogP contribution >= 0.6 is 11.3 Å². The number of rotatable bonds is 5. The van der Waals surface area contributed by atoms with Crippen molar-refractivity contribution in [3.63, 3.8) is 0 Å². The van der Waals surface area contributed by atoms with Crippen molar-refractivity contribution >= 4 is 17.2 Å². The first-order valence-corrected chi connectivity index (χ1v) is 8.75. The van der Waals surface area contributed by atoms with Gasteiger partial charge in [0.15, 0.2) is 0 Å². The van der Waals surface area contributed by atoms with Crippen molar-refractivity contribution in [2.24, 2.45) is 0 Å². The van der Waals surface area contributed by atoms with E-state index in [1.54, 1.807) is 0 Å². The first kappa shape index (κ1) is 17.0. The van der Waals surface area contributed by atoms with Gasteiger partial charge in [0.1, 0.15) is 17.2 Å². The molecule has 1 fully saturated rings. The third kappa shape index (κ3) is 3.99. The van der Waals surface area contributed by atoms with Crippen molar-refractivity contribution in [3.8, 4) is 10.6 Å². The zero-order chi connectivity index (χ0) is 16.9. The van der Waals surface area contributed by atoms with Crippen LogP contribution in [0, 0.1) is 0 Å². The van der Waals surface area contributed by atoms with E-state index in [0.717, 1.165) is 10.6 Å². The van der Waals surface area contributed by atoms with Crippen molar-refractivity contribution in [1.82, 2.24) is 10.3 Å². The number of benzene rings is 1.